The molecular weight excluding hydrogens is 152 g/mol. The van der Waals surface area contributed by atoms with Gasteiger partial charge in [-0.25, -0.2) is 0 Å². The fraction of sp³-hybridized carbons (Fsp3) is 0.875. The van der Waals surface area contributed by atoms with E-state index in [2.05, 4.69) is 16.4 Å². The second-order valence-corrected chi connectivity index (χ2v) is 3.37. The van der Waals surface area contributed by atoms with Gasteiger partial charge in [-0.05, 0) is 6.42 Å². The van der Waals surface area contributed by atoms with Gasteiger partial charge in [-0.1, -0.05) is 6.92 Å². The quantitative estimate of drug-likeness (QED) is 0.450. The van der Waals surface area contributed by atoms with E-state index in [0.717, 1.165) is 25.6 Å². The summed E-state index contributed by atoms with van der Waals surface area (Å²) in [5, 5.41) is 1.82. The molecule has 1 aliphatic heterocycles. The molecule has 0 aromatic carbocycles. The van der Waals surface area contributed by atoms with Gasteiger partial charge in [0.1, 0.15) is 6.54 Å². The van der Waals surface area contributed by atoms with Gasteiger partial charge in [0, 0.05) is 0 Å². The van der Waals surface area contributed by atoms with Gasteiger partial charge < -0.3 is 0 Å². The number of rotatable bonds is 2. The van der Waals surface area contributed by atoms with Crippen LogP contribution in [0.25, 0.3) is 0 Å². The molecule has 0 radical (unpaired) electrons. The van der Waals surface area contributed by atoms with Gasteiger partial charge in [-0.2, -0.15) is 10.9 Å². The SMILES string of the molecule is CCCN1CCN(N)C1=[N+](C)C. The normalized spacial score (nSPS) is 17.5. The highest BCUT2D eigenvalue weighted by Gasteiger charge is 2.32. The van der Waals surface area contributed by atoms with E-state index in [-0.39, 0.29) is 0 Å². The van der Waals surface area contributed by atoms with E-state index < -0.39 is 0 Å². The Kier molecular flexibility index (Phi) is 2.92. The smallest absolute Gasteiger partial charge is 0.269 e. The van der Waals surface area contributed by atoms with Crippen molar-refractivity contribution in [2.45, 2.75) is 13.3 Å². The summed E-state index contributed by atoms with van der Waals surface area (Å²) in [6.45, 7) is 5.28. The van der Waals surface area contributed by atoms with Crippen molar-refractivity contribution in [3.8, 4) is 0 Å². The van der Waals surface area contributed by atoms with Crippen LogP contribution in [0.15, 0.2) is 0 Å². The Morgan fingerprint density at radius 1 is 1.42 bits per heavy atom. The van der Waals surface area contributed by atoms with Crippen LogP contribution in [0.4, 0.5) is 0 Å². The molecule has 70 valence electrons. The lowest BCUT2D eigenvalue weighted by Crippen LogP contribution is -2.43. The fourth-order valence-corrected chi connectivity index (χ4v) is 1.63. The topological polar surface area (TPSA) is 35.5 Å². The van der Waals surface area contributed by atoms with Crippen LogP contribution in [-0.4, -0.2) is 54.2 Å². The standard InChI is InChI=1S/C8H19N4/c1-4-5-11-6-7-12(9)8(11)10(2)3/h4-7,9H2,1-3H3/q+1. The first-order valence-corrected chi connectivity index (χ1v) is 4.48. The lowest BCUT2D eigenvalue weighted by molar-refractivity contribution is -0.475. The lowest BCUT2D eigenvalue weighted by Gasteiger charge is -2.13. The minimum Gasteiger partial charge on any atom is -0.269 e. The van der Waals surface area contributed by atoms with Crippen molar-refractivity contribution in [3.63, 3.8) is 0 Å². The highest BCUT2D eigenvalue weighted by molar-refractivity contribution is 5.76. The van der Waals surface area contributed by atoms with Crippen molar-refractivity contribution in [1.82, 2.24) is 9.91 Å². The Hall–Kier alpha value is -0.770. The second-order valence-electron chi connectivity index (χ2n) is 3.37. The van der Waals surface area contributed by atoms with E-state index in [1.165, 1.54) is 6.42 Å². The van der Waals surface area contributed by atoms with Crippen LogP contribution < -0.4 is 5.84 Å². The van der Waals surface area contributed by atoms with E-state index in [4.69, 9.17) is 5.84 Å². The van der Waals surface area contributed by atoms with E-state index in [0.29, 0.717) is 0 Å². The Balaban J connectivity index is 2.71. The molecule has 0 aromatic rings. The molecule has 4 heteroatoms. The van der Waals surface area contributed by atoms with E-state index in [9.17, 15) is 0 Å². The van der Waals surface area contributed by atoms with Crippen molar-refractivity contribution in [2.24, 2.45) is 5.84 Å². The third-order valence-electron chi connectivity index (χ3n) is 2.04. The Morgan fingerprint density at radius 2 is 2.08 bits per heavy atom. The number of hydrazine groups is 1. The summed E-state index contributed by atoms with van der Waals surface area (Å²) in [7, 11) is 4.06. The van der Waals surface area contributed by atoms with Gasteiger partial charge in [-0.3, -0.25) is 9.48 Å². The average Bonchev–Trinajstić information content (AvgIpc) is 2.32. The maximum absolute atomic E-state index is 5.81. The fourth-order valence-electron chi connectivity index (χ4n) is 1.63. The van der Waals surface area contributed by atoms with Gasteiger partial charge in [0.25, 0.3) is 0 Å². The molecule has 0 aliphatic carbocycles. The van der Waals surface area contributed by atoms with Gasteiger partial charge in [0.05, 0.1) is 27.2 Å². The van der Waals surface area contributed by atoms with Crippen LogP contribution in [-0.2, 0) is 0 Å². The third kappa shape index (κ3) is 1.69. The molecule has 0 bridgehead atoms. The highest BCUT2D eigenvalue weighted by atomic mass is 15.6. The number of hydrogen-bond donors (Lipinski definition) is 1. The zero-order valence-corrected chi connectivity index (χ0v) is 8.25. The maximum atomic E-state index is 5.81. The maximum Gasteiger partial charge on any atom is 0.367 e. The minimum absolute atomic E-state index is 0.938. The molecule has 1 fully saturated rings. The second kappa shape index (κ2) is 3.76. The van der Waals surface area contributed by atoms with Crippen LogP contribution in [0.2, 0.25) is 0 Å². The molecule has 0 amide bonds. The van der Waals surface area contributed by atoms with Crippen molar-refractivity contribution >= 4 is 5.96 Å². The molecule has 1 saturated heterocycles. The van der Waals surface area contributed by atoms with Crippen LogP contribution in [0, 0.1) is 0 Å². The first kappa shape index (κ1) is 9.32. The molecule has 1 rings (SSSR count). The lowest BCUT2D eigenvalue weighted by atomic mass is 10.4. The van der Waals surface area contributed by atoms with Crippen LogP contribution in [0.5, 0.6) is 0 Å². The monoisotopic (exact) mass is 171 g/mol. The third-order valence-corrected chi connectivity index (χ3v) is 2.04. The number of hydrogen-bond acceptors (Lipinski definition) is 1. The summed E-state index contributed by atoms with van der Waals surface area (Å²) >= 11 is 0. The van der Waals surface area contributed by atoms with Crippen molar-refractivity contribution in [1.29, 1.82) is 0 Å². The summed E-state index contributed by atoms with van der Waals surface area (Å²) in [5.74, 6) is 6.95. The van der Waals surface area contributed by atoms with Gasteiger partial charge in [0.2, 0.25) is 0 Å². The molecule has 12 heavy (non-hydrogen) atoms. The summed E-state index contributed by atoms with van der Waals surface area (Å²) in [4.78, 5) is 2.32. The Labute approximate surface area is 74.2 Å². The predicted octanol–water partition coefficient (Wildman–Crippen LogP) is -0.484. The summed E-state index contributed by atoms with van der Waals surface area (Å²) < 4.78 is 2.07. The van der Waals surface area contributed by atoms with Gasteiger partial charge in [-0.15, -0.1) is 0 Å². The molecule has 0 unspecified atom stereocenters. The molecule has 0 saturated carbocycles. The minimum atomic E-state index is 0.938. The molecule has 1 aliphatic rings. The van der Waals surface area contributed by atoms with E-state index in [1.54, 1.807) is 0 Å². The van der Waals surface area contributed by atoms with Crippen molar-refractivity contribution < 1.29 is 4.58 Å². The molecule has 4 nitrogen and oxygen atoms in total. The molecule has 0 spiro atoms. The summed E-state index contributed by atoms with van der Waals surface area (Å²) in [6, 6.07) is 0. The van der Waals surface area contributed by atoms with Crippen LogP contribution in [0.1, 0.15) is 13.3 Å². The zero-order chi connectivity index (χ0) is 9.14. The first-order chi connectivity index (χ1) is 5.66. The van der Waals surface area contributed by atoms with Crippen molar-refractivity contribution in [2.75, 3.05) is 33.7 Å². The average molecular weight is 171 g/mol. The molecular formula is C8H19N4+. The largest absolute Gasteiger partial charge is 0.367 e. The van der Waals surface area contributed by atoms with Crippen molar-refractivity contribution in [3.05, 3.63) is 0 Å². The summed E-state index contributed by atoms with van der Waals surface area (Å²) in [6.07, 6.45) is 1.17. The predicted molar refractivity (Wildman–Crippen MR) is 49.9 cm³/mol. The Bertz CT molecular complexity index is 181. The zero-order valence-electron chi connectivity index (χ0n) is 8.25. The highest BCUT2D eigenvalue weighted by Crippen LogP contribution is 2.03. The van der Waals surface area contributed by atoms with E-state index >= 15 is 0 Å². The van der Waals surface area contributed by atoms with E-state index in [1.807, 2.05) is 19.1 Å². The number of nitrogens with zero attached hydrogens (tertiary/aromatic N) is 3. The first-order valence-electron chi connectivity index (χ1n) is 4.48. The van der Waals surface area contributed by atoms with Gasteiger partial charge in [0.15, 0.2) is 0 Å². The Morgan fingerprint density at radius 3 is 2.58 bits per heavy atom. The van der Waals surface area contributed by atoms with Crippen LogP contribution in [0.3, 0.4) is 0 Å². The molecule has 0 atom stereocenters. The summed E-state index contributed by atoms with van der Waals surface area (Å²) in [5.41, 5.74) is 0. The number of guanidine groups is 1. The molecule has 2 N–H and O–H groups in total. The van der Waals surface area contributed by atoms with Gasteiger partial charge >= 0.3 is 5.96 Å². The number of nitrogens with two attached hydrogens (primary N) is 1. The van der Waals surface area contributed by atoms with Crippen LogP contribution >= 0.6 is 0 Å². The molecule has 1 heterocycles. The molecule has 0 aromatic heterocycles.